The van der Waals surface area contributed by atoms with Crippen LogP contribution >= 0.6 is 0 Å². The Morgan fingerprint density at radius 2 is 2.33 bits per heavy atom. The topological polar surface area (TPSA) is 70.0 Å². The van der Waals surface area contributed by atoms with Crippen molar-refractivity contribution in [3.8, 4) is 0 Å². The Labute approximate surface area is 69.6 Å². The van der Waals surface area contributed by atoms with Gasteiger partial charge >= 0.3 is 5.97 Å². The van der Waals surface area contributed by atoms with Crippen LogP contribution in [0.3, 0.4) is 0 Å². The van der Waals surface area contributed by atoms with E-state index in [1.165, 1.54) is 5.01 Å². The predicted molar refractivity (Wildman–Crippen MR) is 42.3 cm³/mol. The van der Waals surface area contributed by atoms with Crippen molar-refractivity contribution < 1.29 is 9.90 Å². The second-order valence-electron chi connectivity index (χ2n) is 2.98. The molecular formula is C7H10N2O3. The smallest absolute Gasteiger partial charge is 0.313 e. The summed E-state index contributed by atoms with van der Waals surface area (Å²) in [7, 11) is 0. The summed E-state index contributed by atoms with van der Waals surface area (Å²) in [6.07, 6.45) is 1.94. The van der Waals surface area contributed by atoms with Crippen molar-refractivity contribution in [1.29, 1.82) is 0 Å². The van der Waals surface area contributed by atoms with Crippen LogP contribution in [0.15, 0.2) is 17.9 Å². The molecule has 1 saturated heterocycles. The van der Waals surface area contributed by atoms with Gasteiger partial charge in [0, 0.05) is 0 Å². The van der Waals surface area contributed by atoms with Gasteiger partial charge in [0.25, 0.3) is 0 Å². The highest BCUT2D eigenvalue weighted by Crippen LogP contribution is 2.34. The summed E-state index contributed by atoms with van der Waals surface area (Å²) in [5, 5.41) is 12.6. The van der Waals surface area contributed by atoms with Gasteiger partial charge in [0.1, 0.15) is 5.41 Å². The van der Waals surface area contributed by atoms with Gasteiger partial charge in [-0.05, 0) is 6.42 Å². The van der Waals surface area contributed by atoms with Gasteiger partial charge in [0.05, 0.1) is 18.4 Å². The number of carboxylic acids is 1. The van der Waals surface area contributed by atoms with Crippen molar-refractivity contribution in [2.75, 3.05) is 13.1 Å². The molecule has 0 bridgehead atoms. The van der Waals surface area contributed by atoms with E-state index in [0.29, 0.717) is 6.42 Å². The van der Waals surface area contributed by atoms with Gasteiger partial charge in [-0.25, -0.2) is 0 Å². The van der Waals surface area contributed by atoms with Gasteiger partial charge in [0.2, 0.25) is 0 Å². The molecular weight excluding hydrogens is 160 g/mol. The van der Waals surface area contributed by atoms with Crippen molar-refractivity contribution in [2.45, 2.75) is 6.42 Å². The average molecular weight is 170 g/mol. The molecule has 1 heterocycles. The van der Waals surface area contributed by atoms with E-state index in [4.69, 9.17) is 5.11 Å². The van der Waals surface area contributed by atoms with Gasteiger partial charge < -0.3 is 5.11 Å². The summed E-state index contributed by atoms with van der Waals surface area (Å²) < 4.78 is 0. The number of rotatable bonds is 4. The van der Waals surface area contributed by atoms with Crippen molar-refractivity contribution in [1.82, 2.24) is 5.01 Å². The molecule has 0 aliphatic carbocycles. The number of nitrogens with zero attached hydrogens (tertiary/aromatic N) is 2. The van der Waals surface area contributed by atoms with Crippen molar-refractivity contribution in [3.63, 3.8) is 0 Å². The van der Waals surface area contributed by atoms with Gasteiger partial charge in [-0.2, -0.15) is 0 Å². The van der Waals surface area contributed by atoms with Crippen molar-refractivity contribution in [2.24, 2.45) is 10.7 Å². The van der Waals surface area contributed by atoms with Gasteiger partial charge in [-0.3, -0.25) is 9.80 Å². The minimum absolute atomic E-state index is 0.192. The van der Waals surface area contributed by atoms with Crippen LogP contribution in [0.2, 0.25) is 0 Å². The van der Waals surface area contributed by atoms with E-state index >= 15 is 0 Å². The van der Waals surface area contributed by atoms with Crippen LogP contribution in [-0.2, 0) is 4.79 Å². The number of aliphatic carboxylic acids is 1. The molecule has 12 heavy (non-hydrogen) atoms. The average Bonchev–Trinajstić information content (AvgIpc) is 1.95. The summed E-state index contributed by atoms with van der Waals surface area (Å²) in [5.74, 6) is -0.887. The zero-order chi connectivity index (χ0) is 9.19. The molecule has 0 amide bonds. The van der Waals surface area contributed by atoms with Gasteiger partial charge in [-0.15, -0.1) is 11.5 Å². The van der Waals surface area contributed by atoms with E-state index < -0.39 is 11.4 Å². The summed E-state index contributed by atoms with van der Waals surface area (Å²) in [5.41, 5.74) is -0.824. The van der Waals surface area contributed by atoms with Crippen LogP contribution in [0.5, 0.6) is 0 Å². The number of nitroso groups, excluding NO2 is 1. The molecule has 1 aliphatic heterocycles. The molecule has 0 unspecified atom stereocenters. The fourth-order valence-electron chi connectivity index (χ4n) is 1.34. The SMILES string of the molecule is C=CCC1(C(=O)O)CN(N=O)C1. The number of carbonyl (C=O) groups is 1. The molecule has 0 aromatic heterocycles. The first-order valence-electron chi connectivity index (χ1n) is 3.57. The maximum atomic E-state index is 10.7. The van der Waals surface area contributed by atoms with Crippen molar-refractivity contribution in [3.05, 3.63) is 17.6 Å². The van der Waals surface area contributed by atoms with Crippen LogP contribution < -0.4 is 0 Å². The van der Waals surface area contributed by atoms with Crippen LogP contribution in [0.4, 0.5) is 0 Å². The van der Waals surface area contributed by atoms with Crippen LogP contribution in [0.1, 0.15) is 6.42 Å². The molecule has 0 atom stereocenters. The van der Waals surface area contributed by atoms with Gasteiger partial charge in [0.15, 0.2) is 0 Å². The fourth-order valence-corrected chi connectivity index (χ4v) is 1.34. The number of carboxylic acid groups (broad SMARTS) is 1. The number of hydrogen-bond donors (Lipinski definition) is 1. The quantitative estimate of drug-likeness (QED) is 0.496. The molecule has 66 valence electrons. The molecule has 0 saturated carbocycles. The second-order valence-corrected chi connectivity index (χ2v) is 2.98. The molecule has 1 rings (SSSR count). The Bertz CT molecular complexity index is 221. The lowest BCUT2D eigenvalue weighted by Gasteiger charge is -2.42. The first-order chi connectivity index (χ1) is 5.64. The highest BCUT2D eigenvalue weighted by Gasteiger charge is 2.49. The highest BCUT2D eigenvalue weighted by atomic mass is 16.4. The largest absolute Gasteiger partial charge is 0.481 e. The standard InChI is InChI=1S/C7H10N2O3/c1-2-3-7(6(10)11)4-9(5-7)8-12/h2H,1,3-5H2,(H,10,11). The molecule has 1 aliphatic rings. The molecule has 0 spiro atoms. The van der Waals surface area contributed by atoms with Crippen molar-refractivity contribution >= 4 is 5.97 Å². The maximum absolute atomic E-state index is 10.7. The van der Waals surface area contributed by atoms with E-state index in [1.54, 1.807) is 6.08 Å². The monoisotopic (exact) mass is 170 g/mol. The van der Waals surface area contributed by atoms with Gasteiger partial charge in [-0.1, -0.05) is 6.08 Å². The molecule has 5 nitrogen and oxygen atoms in total. The lowest BCUT2D eigenvalue weighted by molar-refractivity contribution is -0.160. The first-order valence-corrected chi connectivity index (χ1v) is 3.57. The first kappa shape index (κ1) is 8.70. The Morgan fingerprint density at radius 1 is 1.75 bits per heavy atom. The Balaban J connectivity index is 2.61. The summed E-state index contributed by atoms with van der Waals surface area (Å²) >= 11 is 0. The minimum Gasteiger partial charge on any atom is -0.481 e. The summed E-state index contributed by atoms with van der Waals surface area (Å²) in [4.78, 5) is 20.7. The summed E-state index contributed by atoms with van der Waals surface area (Å²) in [6, 6.07) is 0. The molecule has 0 aromatic carbocycles. The Hall–Kier alpha value is -1.39. The fraction of sp³-hybridized carbons (Fsp3) is 0.571. The lowest BCUT2D eigenvalue weighted by Crippen LogP contribution is -2.57. The third-order valence-corrected chi connectivity index (χ3v) is 2.07. The normalized spacial score (nSPS) is 19.5. The van der Waals surface area contributed by atoms with E-state index in [1.807, 2.05) is 0 Å². The van der Waals surface area contributed by atoms with E-state index in [9.17, 15) is 9.70 Å². The number of allylic oxidation sites excluding steroid dienone is 1. The molecule has 0 aromatic rings. The van der Waals surface area contributed by atoms with Crippen LogP contribution in [0.25, 0.3) is 0 Å². The van der Waals surface area contributed by atoms with Crippen LogP contribution in [0, 0.1) is 10.3 Å². The van der Waals surface area contributed by atoms with E-state index in [-0.39, 0.29) is 13.1 Å². The summed E-state index contributed by atoms with van der Waals surface area (Å²) in [6.45, 7) is 3.85. The highest BCUT2D eigenvalue weighted by molar-refractivity contribution is 5.76. The number of hydrogen-bond acceptors (Lipinski definition) is 3. The molecule has 1 N–H and O–H groups in total. The molecule has 5 heteroatoms. The zero-order valence-electron chi connectivity index (χ0n) is 6.56. The second kappa shape index (κ2) is 2.92. The minimum atomic E-state index is -0.887. The predicted octanol–water partition coefficient (Wildman–Crippen LogP) is 0.630. The molecule has 0 radical (unpaired) electrons. The third kappa shape index (κ3) is 1.17. The zero-order valence-corrected chi connectivity index (χ0v) is 6.56. The Morgan fingerprint density at radius 3 is 2.67 bits per heavy atom. The van der Waals surface area contributed by atoms with E-state index in [0.717, 1.165) is 0 Å². The van der Waals surface area contributed by atoms with E-state index in [2.05, 4.69) is 11.9 Å². The lowest BCUT2D eigenvalue weighted by atomic mass is 9.78. The van der Waals surface area contributed by atoms with Crippen LogP contribution in [-0.4, -0.2) is 29.2 Å². The molecule has 1 fully saturated rings. The third-order valence-electron chi connectivity index (χ3n) is 2.07. The maximum Gasteiger partial charge on any atom is 0.313 e. The Kier molecular flexibility index (Phi) is 2.12.